The zero-order valence-corrected chi connectivity index (χ0v) is 33.9. The highest BCUT2D eigenvalue weighted by molar-refractivity contribution is 6.03. The second-order valence-corrected chi connectivity index (χ2v) is 12.7. The first kappa shape index (κ1) is 45.8. The van der Waals surface area contributed by atoms with Gasteiger partial charge in [-0.1, -0.05) is 121 Å². The number of Topliss-reactive ketones (excluding diaryl/α,β-unsaturated/α-hetero) is 2. The average Bonchev–Trinajstić information content (AvgIpc) is 3.31. The lowest BCUT2D eigenvalue weighted by molar-refractivity contribution is -0.134. The molecule has 2 atom stereocenters. The Morgan fingerprint density at radius 2 is 0.883 bits per heavy atom. The van der Waals surface area contributed by atoms with E-state index in [2.05, 4.69) is 0 Å². The number of methoxy groups -OCH3 is 2. The van der Waals surface area contributed by atoms with Crippen molar-refractivity contribution < 1.29 is 53.1 Å². The number of hydrogen-bond donors (Lipinski definition) is 2. The van der Waals surface area contributed by atoms with Gasteiger partial charge in [-0.3, -0.25) is 9.59 Å². The fraction of sp³-hybridized carbons (Fsp3) is 0.184. The van der Waals surface area contributed by atoms with Crippen molar-refractivity contribution in [1.82, 2.24) is 0 Å². The maximum atomic E-state index is 13.4. The molecule has 6 aromatic rings. The van der Waals surface area contributed by atoms with E-state index in [1.165, 1.54) is 38.5 Å². The Labute approximate surface area is 349 Å². The molecule has 0 heterocycles. The second-order valence-electron chi connectivity index (χ2n) is 12.7. The van der Waals surface area contributed by atoms with Crippen LogP contribution >= 0.6 is 0 Å². The molecule has 60 heavy (non-hydrogen) atoms. The van der Waals surface area contributed by atoms with Crippen LogP contribution in [0.25, 0.3) is 0 Å². The molecule has 11 nitrogen and oxygen atoms in total. The van der Waals surface area contributed by atoms with E-state index in [-0.39, 0.29) is 23.3 Å². The van der Waals surface area contributed by atoms with Gasteiger partial charge >= 0.3 is 17.7 Å². The number of phenolic OH excluding ortho intramolecular Hbond substituents is 1. The number of esters is 2. The highest BCUT2D eigenvalue weighted by atomic mass is 16.7. The molecule has 0 aromatic heterocycles. The Kier molecular flexibility index (Phi) is 17.4. The predicted octanol–water partition coefficient (Wildman–Crippen LogP) is 8.60. The summed E-state index contributed by atoms with van der Waals surface area (Å²) in [6.45, 7) is 3.75. The molecule has 0 aliphatic rings. The standard InChI is InChI=1S/C24H22O5.C16H16O3.C9H10O3/c1-3-28-23(26)19-14-16-21(17-15-19)29-24(27-2,20-12-8-5-9-13-20)22(25)18-10-6-4-7-11-18;1-19-16(12-17,14-10-6-3-7-11-14)15(18)13-8-4-2-5-9-13;1-2-12-9(11)7-3-5-8(10)6-4-7/h4-17H,3H2,1-2H3;2-11,17H,12H2,1H3;3-6,10H,2H2,1H3. The Balaban J connectivity index is 0.000000219. The van der Waals surface area contributed by atoms with Crippen molar-refractivity contribution in [1.29, 1.82) is 0 Å². The molecule has 0 bridgehead atoms. The van der Waals surface area contributed by atoms with Gasteiger partial charge in [0.15, 0.2) is 5.60 Å². The van der Waals surface area contributed by atoms with Gasteiger partial charge < -0.3 is 33.9 Å². The van der Waals surface area contributed by atoms with Crippen LogP contribution in [-0.2, 0) is 30.3 Å². The average molecular weight is 813 g/mol. The molecule has 0 aliphatic carbocycles. The van der Waals surface area contributed by atoms with E-state index in [0.717, 1.165) is 0 Å². The van der Waals surface area contributed by atoms with E-state index in [1.807, 2.05) is 48.5 Å². The van der Waals surface area contributed by atoms with Crippen molar-refractivity contribution in [2.45, 2.75) is 25.2 Å². The fourth-order valence-corrected chi connectivity index (χ4v) is 5.88. The summed E-state index contributed by atoms with van der Waals surface area (Å²) in [5.41, 5.74) is 1.69. The molecule has 11 heteroatoms. The SMILES string of the molecule is CCOC(=O)c1ccc(O)cc1.CCOC(=O)c1ccc(OC(OC)(C(=O)c2ccccc2)c2ccccc2)cc1.COC(CO)(C(=O)c1ccccc1)c1ccccc1. The lowest BCUT2D eigenvalue weighted by Crippen LogP contribution is -2.43. The van der Waals surface area contributed by atoms with Crippen molar-refractivity contribution in [3.8, 4) is 11.5 Å². The number of hydrogen-bond acceptors (Lipinski definition) is 11. The number of aliphatic hydroxyl groups excluding tert-OH is 1. The normalized spacial score (nSPS) is 12.3. The van der Waals surface area contributed by atoms with Gasteiger partial charge in [0, 0.05) is 30.9 Å². The number of rotatable bonds is 15. The van der Waals surface area contributed by atoms with Gasteiger partial charge in [0.25, 0.3) is 0 Å². The van der Waals surface area contributed by atoms with Crippen molar-refractivity contribution in [3.63, 3.8) is 0 Å². The summed E-state index contributed by atoms with van der Waals surface area (Å²) in [7, 11) is 2.87. The molecule has 2 unspecified atom stereocenters. The van der Waals surface area contributed by atoms with E-state index in [1.54, 1.807) is 111 Å². The van der Waals surface area contributed by atoms with Crippen LogP contribution in [0.5, 0.6) is 11.5 Å². The summed E-state index contributed by atoms with van der Waals surface area (Å²) in [4.78, 5) is 49.0. The molecule has 0 spiro atoms. The number of carbonyl (C=O) groups is 4. The van der Waals surface area contributed by atoms with E-state index in [0.29, 0.717) is 52.3 Å². The first-order valence-corrected chi connectivity index (χ1v) is 19.0. The smallest absolute Gasteiger partial charge is 0.338 e. The molecule has 2 N–H and O–H groups in total. The van der Waals surface area contributed by atoms with Gasteiger partial charge in [0.1, 0.15) is 11.5 Å². The third kappa shape index (κ3) is 11.6. The van der Waals surface area contributed by atoms with Crippen LogP contribution in [0.15, 0.2) is 170 Å². The minimum atomic E-state index is -1.67. The van der Waals surface area contributed by atoms with Gasteiger partial charge in [-0.2, -0.15) is 0 Å². The summed E-state index contributed by atoms with van der Waals surface area (Å²) >= 11 is 0. The highest BCUT2D eigenvalue weighted by Crippen LogP contribution is 2.33. The van der Waals surface area contributed by atoms with Crippen LogP contribution in [0.1, 0.15) is 66.4 Å². The Morgan fingerprint density at radius 3 is 1.28 bits per heavy atom. The van der Waals surface area contributed by atoms with Crippen LogP contribution in [0.3, 0.4) is 0 Å². The molecule has 6 rings (SSSR count). The van der Waals surface area contributed by atoms with Crippen molar-refractivity contribution in [2.75, 3.05) is 34.0 Å². The second kappa shape index (κ2) is 22.9. The number of aliphatic hydroxyl groups is 1. The Hall–Kier alpha value is -6.92. The molecule has 6 aromatic carbocycles. The number of ether oxygens (including phenoxy) is 5. The third-order valence-corrected chi connectivity index (χ3v) is 9.00. The highest BCUT2D eigenvalue weighted by Gasteiger charge is 2.44. The Bertz CT molecular complexity index is 2220. The number of aromatic hydroxyl groups is 1. The van der Waals surface area contributed by atoms with E-state index in [4.69, 9.17) is 28.8 Å². The molecular formula is C49H48O11. The first-order valence-electron chi connectivity index (χ1n) is 19.0. The summed E-state index contributed by atoms with van der Waals surface area (Å²) in [6, 6.07) is 48.1. The third-order valence-electron chi connectivity index (χ3n) is 9.00. The largest absolute Gasteiger partial charge is 0.508 e. The van der Waals surface area contributed by atoms with E-state index < -0.39 is 24.0 Å². The monoisotopic (exact) mass is 812 g/mol. The van der Waals surface area contributed by atoms with Gasteiger partial charge in [-0.15, -0.1) is 0 Å². The maximum Gasteiger partial charge on any atom is 0.338 e. The predicted molar refractivity (Wildman–Crippen MR) is 226 cm³/mol. The maximum absolute atomic E-state index is 13.4. The van der Waals surface area contributed by atoms with Gasteiger partial charge in [0.2, 0.25) is 11.6 Å². The molecule has 0 saturated carbocycles. The van der Waals surface area contributed by atoms with Crippen molar-refractivity contribution >= 4 is 23.5 Å². The quantitative estimate of drug-likeness (QED) is 0.0582. The zero-order chi connectivity index (χ0) is 43.4. The molecule has 310 valence electrons. The molecule has 0 amide bonds. The Morgan fingerprint density at radius 1 is 0.483 bits per heavy atom. The number of carbonyl (C=O) groups excluding carboxylic acids is 4. The summed E-state index contributed by atoms with van der Waals surface area (Å²) in [6.07, 6.45) is 0. The van der Waals surface area contributed by atoms with Gasteiger partial charge in [0.05, 0.1) is 30.9 Å². The number of phenols is 1. The van der Waals surface area contributed by atoms with Crippen LogP contribution < -0.4 is 4.74 Å². The van der Waals surface area contributed by atoms with Gasteiger partial charge in [-0.05, 0) is 67.9 Å². The lowest BCUT2D eigenvalue weighted by atomic mass is 9.86. The molecule has 0 aliphatic heterocycles. The van der Waals surface area contributed by atoms with Crippen molar-refractivity contribution in [2.24, 2.45) is 0 Å². The summed E-state index contributed by atoms with van der Waals surface area (Å²) in [5.74, 6) is -2.51. The first-order chi connectivity index (χ1) is 29.1. The minimum absolute atomic E-state index is 0.142. The topological polar surface area (TPSA) is 155 Å². The molecule has 0 radical (unpaired) electrons. The van der Waals surface area contributed by atoms with Crippen LogP contribution in [0.4, 0.5) is 0 Å². The summed E-state index contributed by atoms with van der Waals surface area (Å²) < 4.78 is 27.0. The van der Waals surface area contributed by atoms with Crippen LogP contribution in [0.2, 0.25) is 0 Å². The summed E-state index contributed by atoms with van der Waals surface area (Å²) in [5, 5.41) is 18.6. The molecule has 0 fully saturated rings. The number of benzene rings is 6. The molecular weight excluding hydrogens is 765 g/mol. The lowest BCUT2D eigenvalue weighted by Gasteiger charge is -2.32. The van der Waals surface area contributed by atoms with E-state index in [9.17, 15) is 24.3 Å². The van der Waals surface area contributed by atoms with Crippen LogP contribution in [-0.4, -0.2) is 67.8 Å². The van der Waals surface area contributed by atoms with Crippen molar-refractivity contribution in [3.05, 3.63) is 203 Å². The van der Waals surface area contributed by atoms with E-state index >= 15 is 0 Å². The number of ketones is 2. The van der Waals surface area contributed by atoms with Gasteiger partial charge in [-0.25, -0.2) is 9.59 Å². The zero-order valence-electron chi connectivity index (χ0n) is 33.9. The minimum Gasteiger partial charge on any atom is -0.508 e. The fourth-order valence-electron chi connectivity index (χ4n) is 5.88. The van der Waals surface area contributed by atoms with Crippen LogP contribution in [0, 0.1) is 0 Å². The molecule has 0 saturated heterocycles.